The molecule has 124 valence electrons. The number of H-pyrrole nitrogens is 1. The monoisotopic (exact) mass is 320 g/mol. The first-order valence-corrected chi connectivity index (χ1v) is 8.55. The topological polar surface area (TPSA) is 43.4 Å². The van der Waals surface area contributed by atoms with Crippen LogP contribution in [-0.2, 0) is 0 Å². The van der Waals surface area contributed by atoms with Gasteiger partial charge >= 0.3 is 0 Å². The fourth-order valence-corrected chi connectivity index (χ4v) is 3.58. The fourth-order valence-electron chi connectivity index (χ4n) is 3.58. The zero-order chi connectivity index (χ0) is 16.8. The molecule has 2 N–H and O–H groups in total. The van der Waals surface area contributed by atoms with Crippen molar-refractivity contribution in [1.82, 2.24) is 15.2 Å². The van der Waals surface area contributed by atoms with Gasteiger partial charge in [-0.2, -0.15) is 0 Å². The van der Waals surface area contributed by atoms with Crippen LogP contribution in [0.3, 0.4) is 0 Å². The highest BCUT2D eigenvalue weighted by Crippen LogP contribution is 2.38. The molecule has 1 aromatic carbocycles. The fraction of sp³-hybridized carbons (Fsp3) is 0.350. The summed E-state index contributed by atoms with van der Waals surface area (Å²) in [4.78, 5) is 10.8. The minimum absolute atomic E-state index is 0.377. The summed E-state index contributed by atoms with van der Waals surface area (Å²) in [6.07, 6.45) is 3.43. The summed E-state index contributed by atoms with van der Waals surface area (Å²) in [6, 6.07) is 8.54. The van der Waals surface area contributed by atoms with Gasteiger partial charge < -0.3 is 15.2 Å². The number of hydrogen-bond acceptors (Lipinski definition) is 3. The normalized spacial score (nSPS) is 19.8. The van der Waals surface area contributed by atoms with Gasteiger partial charge in [0, 0.05) is 33.8 Å². The summed E-state index contributed by atoms with van der Waals surface area (Å²) < 4.78 is 0. The Morgan fingerprint density at radius 3 is 2.75 bits per heavy atom. The van der Waals surface area contributed by atoms with E-state index in [1.54, 1.807) is 0 Å². The highest BCUT2D eigenvalue weighted by Gasteiger charge is 2.31. The molecule has 1 unspecified atom stereocenters. The van der Waals surface area contributed by atoms with E-state index in [9.17, 15) is 0 Å². The second-order valence-electron chi connectivity index (χ2n) is 7.03. The zero-order valence-corrected chi connectivity index (χ0v) is 14.8. The van der Waals surface area contributed by atoms with Crippen molar-refractivity contribution in [3.05, 3.63) is 58.7 Å². The summed E-state index contributed by atoms with van der Waals surface area (Å²) >= 11 is 0. The minimum Gasteiger partial charge on any atom is -0.357 e. The van der Waals surface area contributed by atoms with E-state index < -0.39 is 0 Å². The van der Waals surface area contributed by atoms with Gasteiger partial charge in [0.25, 0.3) is 0 Å². The average molecular weight is 320 g/mol. The SMILES string of the molecule is CC1=C(C)NC2=CC(CCN(C)C)c3[nH]c4ccccc4c3C2=N1. The third kappa shape index (κ3) is 2.38. The molecule has 0 saturated heterocycles. The smallest absolute Gasteiger partial charge is 0.0962 e. The lowest BCUT2D eigenvalue weighted by Crippen LogP contribution is -2.29. The number of nitrogens with one attached hydrogen (secondary N) is 2. The first kappa shape index (κ1) is 15.2. The Morgan fingerprint density at radius 2 is 1.96 bits per heavy atom. The van der Waals surface area contributed by atoms with Crippen molar-refractivity contribution in [2.24, 2.45) is 4.99 Å². The van der Waals surface area contributed by atoms with Crippen LogP contribution in [0.15, 0.2) is 52.4 Å². The molecular weight excluding hydrogens is 296 g/mol. The lowest BCUT2D eigenvalue weighted by atomic mass is 9.86. The average Bonchev–Trinajstić information content (AvgIpc) is 2.94. The van der Waals surface area contributed by atoms with E-state index in [-0.39, 0.29) is 0 Å². The molecule has 24 heavy (non-hydrogen) atoms. The molecule has 0 spiro atoms. The number of allylic oxidation sites excluding steroid dienone is 4. The van der Waals surface area contributed by atoms with Crippen molar-refractivity contribution < 1.29 is 0 Å². The van der Waals surface area contributed by atoms with Crippen molar-refractivity contribution in [2.45, 2.75) is 26.2 Å². The maximum atomic E-state index is 4.91. The van der Waals surface area contributed by atoms with Crippen molar-refractivity contribution in [3.8, 4) is 0 Å². The Kier molecular flexibility index (Phi) is 3.57. The molecule has 0 amide bonds. The highest BCUT2D eigenvalue weighted by molar-refractivity contribution is 6.21. The van der Waals surface area contributed by atoms with Crippen LogP contribution in [0.25, 0.3) is 10.9 Å². The van der Waals surface area contributed by atoms with Crippen molar-refractivity contribution in [1.29, 1.82) is 0 Å². The van der Waals surface area contributed by atoms with E-state index in [4.69, 9.17) is 4.99 Å². The molecule has 4 nitrogen and oxygen atoms in total. The van der Waals surface area contributed by atoms with Crippen LogP contribution in [0.1, 0.15) is 37.4 Å². The van der Waals surface area contributed by atoms with Crippen LogP contribution in [0, 0.1) is 0 Å². The first-order valence-electron chi connectivity index (χ1n) is 8.55. The molecular formula is C20H24N4. The standard InChI is InChI=1S/C20H24N4/c1-12-13(2)22-20-17(21-12)11-14(9-10-24(3)4)19-18(20)15-7-5-6-8-16(15)23-19/h5-8,11,14,21,23H,9-10H2,1-4H3. The van der Waals surface area contributed by atoms with Crippen LogP contribution in [0.2, 0.25) is 0 Å². The van der Waals surface area contributed by atoms with Crippen LogP contribution in [0.5, 0.6) is 0 Å². The molecule has 1 aromatic heterocycles. The van der Waals surface area contributed by atoms with Crippen molar-refractivity contribution >= 4 is 16.6 Å². The van der Waals surface area contributed by atoms with E-state index in [1.807, 2.05) is 0 Å². The Hall–Kier alpha value is -2.33. The van der Waals surface area contributed by atoms with E-state index >= 15 is 0 Å². The number of rotatable bonds is 3. The summed E-state index contributed by atoms with van der Waals surface area (Å²) in [5, 5.41) is 4.83. The van der Waals surface area contributed by atoms with Crippen LogP contribution in [-0.4, -0.2) is 36.2 Å². The van der Waals surface area contributed by atoms with E-state index in [2.05, 4.69) is 73.5 Å². The molecule has 4 heteroatoms. The van der Waals surface area contributed by atoms with E-state index in [0.29, 0.717) is 5.92 Å². The van der Waals surface area contributed by atoms with Crippen LogP contribution in [0.4, 0.5) is 0 Å². The lowest BCUT2D eigenvalue weighted by molar-refractivity contribution is 0.390. The predicted octanol–water partition coefficient (Wildman–Crippen LogP) is 3.74. The number of hydrogen-bond donors (Lipinski definition) is 2. The zero-order valence-electron chi connectivity index (χ0n) is 14.8. The number of aliphatic imine (C=N–C) groups is 1. The number of nitrogens with zero attached hydrogens (tertiary/aromatic N) is 2. The molecule has 0 radical (unpaired) electrons. The Bertz CT molecular complexity index is 895. The predicted molar refractivity (Wildman–Crippen MR) is 100 cm³/mol. The number of fused-ring (bicyclic) bond motifs is 5. The second kappa shape index (κ2) is 5.64. The summed E-state index contributed by atoms with van der Waals surface area (Å²) in [5.74, 6) is 0.377. The number of aromatic nitrogens is 1. The van der Waals surface area contributed by atoms with Crippen molar-refractivity contribution in [3.63, 3.8) is 0 Å². The van der Waals surface area contributed by atoms with Gasteiger partial charge in [0.2, 0.25) is 0 Å². The largest absolute Gasteiger partial charge is 0.357 e. The van der Waals surface area contributed by atoms with Gasteiger partial charge in [-0.1, -0.05) is 18.2 Å². The molecule has 2 heterocycles. The van der Waals surface area contributed by atoms with Gasteiger partial charge in [-0.05, 0) is 53.1 Å². The van der Waals surface area contributed by atoms with Gasteiger partial charge in [-0.15, -0.1) is 0 Å². The molecule has 1 aliphatic heterocycles. The third-order valence-corrected chi connectivity index (χ3v) is 5.00. The van der Waals surface area contributed by atoms with E-state index in [1.165, 1.54) is 22.2 Å². The molecule has 1 aliphatic carbocycles. The summed E-state index contributed by atoms with van der Waals surface area (Å²) in [7, 11) is 4.26. The molecule has 1 atom stereocenters. The minimum atomic E-state index is 0.377. The second-order valence-corrected chi connectivity index (χ2v) is 7.03. The third-order valence-electron chi connectivity index (χ3n) is 5.00. The molecule has 0 bridgehead atoms. The van der Waals surface area contributed by atoms with Gasteiger partial charge in [-0.25, -0.2) is 4.99 Å². The molecule has 4 rings (SSSR count). The van der Waals surface area contributed by atoms with Crippen molar-refractivity contribution in [2.75, 3.05) is 20.6 Å². The quantitative estimate of drug-likeness (QED) is 0.904. The van der Waals surface area contributed by atoms with Crippen LogP contribution < -0.4 is 5.32 Å². The first-order chi connectivity index (χ1) is 11.5. The Balaban J connectivity index is 1.90. The van der Waals surface area contributed by atoms with Gasteiger partial charge in [0.1, 0.15) is 0 Å². The lowest BCUT2D eigenvalue weighted by Gasteiger charge is -2.28. The Morgan fingerprint density at radius 1 is 1.17 bits per heavy atom. The molecule has 2 aliphatic rings. The maximum absolute atomic E-state index is 4.91. The molecule has 2 aromatic rings. The van der Waals surface area contributed by atoms with Gasteiger partial charge in [0.15, 0.2) is 0 Å². The Labute approximate surface area is 143 Å². The van der Waals surface area contributed by atoms with Crippen LogP contribution >= 0.6 is 0 Å². The van der Waals surface area contributed by atoms with Gasteiger partial charge in [0.05, 0.1) is 17.1 Å². The number of benzene rings is 1. The molecule has 0 saturated carbocycles. The highest BCUT2D eigenvalue weighted by atomic mass is 15.0. The summed E-state index contributed by atoms with van der Waals surface area (Å²) in [6.45, 7) is 5.22. The molecule has 0 fully saturated rings. The van der Waals surface area contributed by atoms with E-state index in [0.717, 1.165) is 35.8 Å². The summed E-state index contributed by atoms with van der Waals surface area (Å²) in [5.41, 5.74) is 8.19. The maximum Gasteiger partial charge on any atom is 0.0962 e. The van der Waals surface area contributed by atoms with Gasteiger partial charge in [-0.3, -0.25) is 0 Å². The number of aromatic amines is 1. The number of para-hydroxylation sites is 1.